The van der Waals surface area contributed by atoms with Crippen LogP contribution in [0.4, 0.5) is 5.69 Å². The summed E-state index contributed by atoms with van der Waals surface area (Å²) in [5.74, 6) is -2.87. The number of carbonyl (C=O) groups is 3. The van der Waals surface area contributed by atoms with E-state index in [1.807, 2.05) is 0 Å². The number of hydrogen-bond acceptors (Lipinski definition) is 9. The second-order valence-corrected chi connectivity index (χ2v) is 8.93. The normalized spacial score (nSPS) is 17.0. The van der Waals surface area contributed by atoms with Crippen LogP contribution in [0.2, 0.25) is 0 Å². The lowest BCUT2D eigenvalue weighted by Crippen LogP contribution is -2.46. The van der Waals surface area contributed by atoms with E-state index in [2.05, 4.69) is 10.2 Å². The van der Waals surface area contributed by atoms with Crippen molar-refractivity contribution in [2.75, 3.05) is 65.4 Å². The molecule has 36 heavy (non-hydrogen) atoms. The van der Waals surface area contributed by atoms with Crippen molar-refractivity contribution in [2.45, 2.75) is 25.3 Å². The van der Waals surface area contributed by atoms with E-state index in [1.54, 1.807) is 21.9 Å². The number of carboxylic acid groups (broad SMARTS) is 3. The lowest BCUT2D eigenvalue weighted by Gasteiger charge is -2.29. The van der Waals surface area contributed by atoms with E-state index < -0.39 is 22.8 Å². The molecular weight excluding hydrogens is 474 g/mol. The van der Waals surface area contributed by atoms with E-state index in [1.165, 1.54) is 12.1 Å². The molecule has 1 aromatic rings. The van der Waals surface area contributed by atoms with Gasteiger partial charge < -0.3 is 20.6 Å². The Morgan fingerprint density at radius 3 is 1.81 bits per heavy atom. The van der Waals surface area contributed by atoms with E-state index in [0.717, 1.165) is 12.0 Å². The van der Waals surface area contributed by atoms with E-state index >= 15 is 0 Å². The molecular formula is C23H35N5O8. The maximum absolute atomic E-state index is 11.2. The highest BCUT2D eigenvalue weighted by molar-refractivity contribution is 5.69. The Balaban J connectivity index is 2.01. The van der Waals surface area contributed by atoms with Crippen molar-refractivity contribution in [2.24, 2.45) is 0 Å². The van der Waals surface area contributed by atoms with Gasteiger partial charge in [-0.1, -0.05) is 12.1 Å². The van der Waals surface area contributed by atoms with Crippen LogP contribution in [0.15, 0.2) is 24.3 Å². The third-order valence-corrected chi connectivity index (χ3v) is 6.10. The summed E-state index contributed by atoms with van der Waals surface area (Å²) in [4.78, 5) is 49.7. The van der Waals surface area contributed by atoms with E-state index in [4.69, 9.17) is 5.11 Å². The van der Waals surface area contributed by atoms with Gasteiger partial charge in [0.05, 0.1) is 24.6 Å². The fourth-order valence-electron chi connectivity index (χ4n) is 4.20. The smallest absolute Gasteiger partial charge is 0.317 e. The lowest BCUT2D eigenvalue weighted by atomic mass is 10.0. The number of nitro benzene ring substituents is 1. The van der Waals surface area contributed by atoms with Crippen LogP contribution in [-0.2, 0) is 20.8 Å². The summed E-state index contributed by atoms with van der Waals surface area (Å²) in [5, 5.41) is 41.5. The van der Waals surface area contributed by atoms with Crippen molar-refractivity contribution in [1.29, 1.82) is 0 Å². The molecule has 0 saturated carbocycles. The monoisotopic (exact) mass is 509 g/mol. The van der Waals surface area contributed by atoms with Gasteiger partial charge in [0, 0.05) is 64.0 Å². The van der Waals surface area contributed by atoms with Gasteiger partial charge in [-0.2, -0.15) is 0 Å². The molecule has 1 aliphatic rings. The lowest BCUT2D eigenvalue weighted by molar-refractivity contribution is -0.384. The molecule has 1 aromatic carbocycles. The van der Waals surface area contributed by atoms with Gasteiger partial charge in [-0.05, 0) is 24.8 Å². The van der Waals surface area contributed by atoms with Crippen molar-refractivity contribution < 1.29 is 34.6 Å². The Labute approximate surface area is 209 Å². The number of nitro groups is 1. The number of carboxylic acids is 3. The molecule has 0 radical (unpaired) electrons. The molecule has 13 heteroatoms. The first-order valence-electron chi connectivity index (χ1n) is 11.9. The molecule has 200 valence electrons. The van der Waals surface area contributed by atoms with Crippen LogP contribution in [0.1, 0.15) is 18.4 Å². The first-order valence-corrected chi connectivity index (χ1v) is 11.9. The number of non-ortho nitro benzene ring substituents is 1. The number of nitrogens with one attached hydrogen (secondary N) is 1. The molecule has 1 heterocycles. The molecule has 1 unspecified atom stereocenters. The molecule has 1 atom stereocenters. The minimum atomic E-state index is -0.972. The highest BCUT2D eigenvalue weighted by Crippen LogP contribution is 2.14. The number of nitrogens with zero attached hydrogens (tertiary/aromatic N) is 4. The van der Waals surface area contributed by atoms with E-state index in [9.17, 15) is 34.7 Å². The van der Waals surface area contributed by atoms with Gasteiger partial charge >= 0.3 is 17.9 Å². The summed E-state index contributed by atoms with van der Waals surface area (Å²) in [5.41, 5.74) is 0.982. The fourth-order valence-corrected chi connectivity index (χ4v) is 4.20. The highest BCUT2D eigenvalue weighted by atomic mass is 16.6. The fraction of sp³-hybridized carbons (Fsp3) is 0.609. The van der Waals surface area contributed by atoms with Gasteiger partial charge in [-0.15, -0.1) is 0 Å². The third-order valence-electron chi connectivity index (χ3n) is 6.10. The van der Waals surface area contributed by atoms with Crippen LogP contribution in [-0.4, -0.2) is 124 Å². The van der Waals surface area contributed by atoms with Crippen molar-refractivity contribution >= 4 is 23.6 Å². The molecule has 2 rings (SSSR count). The highest BCUT2D eigenvalue weighted by Gasteiger charge is 2.21. The Hall–Kier alpha value is -3.13. The number of hydrogen-bond donors (Lipinski definition) is 4. The molecule has 4 N–H and O–H groups in total. The quantitative estimate of drug-likeness (QED) is 0.196. The molecule has 0 spiro atoms. The molecule has 0 aliphatic carbocycles. The maximum atomic E-state index is 11.2. The average molecular weight is 510 g/mol. The first-order chi connectivity index (χ1) is 17.1. The zero-order valence-corrected chi connectivity index (χ0v) is 20.3. The van der Waals surface area contributed by atoms with Crippen LogP contribution in [0.3, 0.4) is 0 Å². The van der Waals surface area contributed by atoms with Gasteiger partial charge in [0.2, 0.25) is 0 Å². The SMILES string of the molecule is O=C(O)CNC(CCCc1ccc([N+](=O)[O-])cc1)CN1CCN(CC(=O)O)CCN(CC(=O)O)CC1. The summed E-state index contributed by atoms with van der Waals surface area (Å²) in [6.07, 6.45) is 2.08. The average Bonchev–Trinajstić information content (AvgIpc) is 2.89. The molecule has 0 bridgehead atoms. The van der Waals surface area contributed by atoms with Gasteiger partial charge in [0.1, 0.15) is 0 Å². The molecule has 1 fully saturated rings. The number of rotatable bonds is 14. The van der Waals surface area contributed by atoms with Crippen LogP contribution in [0.5, 0.6) is 0 Å². The number of benzene rings is 1. The first kappa shape index (κ1) is 29.1. The second kappa shape index (κ2) is 15.1. The van der Waals surface area contributed by atoms with E-state index in [0.29, 0.717) is 58.7 Å². The zero-order chi connectivity index (χ0) is 26.5. The van der Waals surface area contributed by atoms with Crippen molar-refractivity contribution in [3.8, 4) is 0 Å². The van der Waals surface area contributed by atoms with Crippen molar-refractivity contribution in [3.05, 3.63) is 39.9 Å². The molecule has 13 nitrogen and oxygen atoms in total. The number of aryl methyl sites for hydroxylation is 1. The molecule has 1 aliphatic heterocycles. The predicted molar refractivity (Wildman–Crippen MR) is 130 cm³/mol. The zero-order valence-electron chi connectivity index (χ0n) is 20.3. The summed E-state index contributed by atoms with van der Waals surface area (Å²) < 4.78 is 0. The van der Waals surface area contributed by atoms with E-state index in [-0.39, 0.29) is 31.4 Å². The van der Waals surface area contributed by atoms with Crippen molar-refractivity contribution in [1.82, 2.24) is 20.0 Å². The number of aliphatic carboxylic acids is 3. The minimum absolute atomic E-state index is 0.0293. The molecule has 0 aromatic heterocycles. The second-order valence-electron chi connectivity index (χ2n) is 8.93. The molecule has 1 saturated heterocycles. The Kier molecular flexibility index (Phi) is 12.2. The van der Waals surface area contributed by atoms with Gasteiger partial charge in [0.15, 0.2) is 0 Å². The predicted octanol–water partition coefficient (Wildman–Crippen LogP) is 0.0491. The molecule has 0 amide bonds. The van der Waals surface area contributed by atoms with Gasteiger partial charge in [-0.3, -0.25) is 39.2 Å². The third kappa shape index (κ3) is 11.5. The largest absolute Gasteiger partial charge is 0.480 e. The summed E-state index contributed by atoms with van der Waals surface area (Å²) in [7, 11) is 0. The summed E-state index contributed by atoms with van der Waals surface area (Å²) in [6, 6.07) is 6.21. The topological polar surface area (TPSA) is 177 Å². The Bertz CT molecular complexity index is 854. The van der Waals surface area contributed by atoms with Crippen LogP contribution < -0.4 is 5.32 Å². The van der Waals surface area contributed by atoms with Crippen LogP contribution in [0.25, 0.3) is 0 Å². The van der Waals surface area contributed by atoms with Gasteiger partial charge in [0.25, 0.3) is 5.69 Å². The maximum Gasteiger partial charge on any atom is 0.317 e. The van der Waals surface area contributed by atoms with Crippen LogP contribution >= 0.6 is 0 Å². The minimum Gasteiger partial charge on any atom is -0.480 e. The van der Waals surface area contributed by atoms with Gasteiger partial charge in [-0.25, -0.2) is 0 Å². The standard InChI is InChI=1S/C23H35N5O8/c29-21(30)14-24-19(3-1-2-18-4-6-20(7-5-18)28(35)36)15-25-8-10-26(16-22(31)32)12-13-27(11-9-25)17-23(33)34/h4-7,19,24H,1-3,8-17H2,(H,29,30)(H,31,32)(H,33,34). The summed E-state index contributed by atoms with van der Waals surface area (Å²) >= 11 is 0. The Morgan fingerprint density at radius 1 is 0.861 bits per heavy atom. The van der Waals surface area contributed by atoms with Crippen LogP contribution in [0, 0.1) is 10.1 Å². The Morgan fingerprint density at radius 2 is 1.36 bits per heavy atom. The van der Waals surface area contributed by atoms with Crippen molar-refractivity contribution in [3.63, 3.8) is 0 Å². The summed E-state index contributed by atoms with van der Waals surface area (Å²) in [6.45, 7) is 3.09.